The number of ether oxygens (including phenoxy) is 10. The second-order valence-electron chi connectivity index (χ2n) is 17.6. The Morgan fingerprint density at radius 2 is 0.903 bits per heavy atom. The van der Waals surface area contributed by atoms with Gasteiger partial charge in [0, 0.05) is 6.92 Å². The summed E-state index contributed by atoms with van der Waals surface area (Å²) in [6.45, 7) is 2.21. The van der Waals surface area contributed by atoms with Crippen LogP contribution in [0.3, 0.4) is 0 Å². The Morgan fingerprint density at radius 3 is 1.40 bits per heavy atom. The van der Waals surface area contributed by atoms with Crippen LogP contribution in [0.1, 0.15) is 50.7 Å². The van der Waals surface area contributed by atoms with E-state index in [0.29, 0.717) is 11.1 Å². The predicted molar refractivity (Wildman–Crippen MR) is 266 cm³/mol. The zero-order valence-electron chi connectivity index (χ0n) is 40.5. The molecule has 2 heterocycles. The monoisotopic (exact) mass is 981 g/mol. The quantitative estimate of drug-likeness (QED) is 0.0565. The van der Waals surface area contributed by atoms with Gasteiger partial charge in [0.05, 0.1) is 65.5 Å². The van der Waals surface area contributed by atoms with Crippen molar-refractivity contribution in [3.8, 4) is 0 Å². The molecule has 0 radical (unpaired) electrons. The smallest absolute Gasteiger partial charge is 0.338 e. The number of aliphatic hydroxyl groups excluding tert-OH is 1. The van der Waals surface area contributed by atoms with E-state index in [-0.39, 0.29) is 52.9 Å². The molecule has 0 aliphatic carbocycles. The van der Waals surface area contributed by atoms with Crippen LogP contribution in [0.15, 0.2) is 176 Å². The lowest BCUT2D eigenvalue weighted by molar-refractivity contribution is -0.360. The van der Waals surface area contributed by atoms with Gasteiger partial charge in [-0.05, 0) is 39.4 Å². The zero-order chi connectivity index (χ0) is 49.9. The predicted octanol–water partition coefficient (Wildman–Crippen LogP) is 7.88. The fourth-order valence-electron chi connectivity index (χ4n) is 8.78. The van der Waals surface area contributed by atoms with E-state index in [1.54, 1.807) is 24.3 Å². The van der Waals surface area contributed by atoms with E-state index in [4.69, 9.17) is 47.4 Å². The molecule has 0 unspecified atom stereocenters. The van der Waals surface area contributed by atoms with Crippen LogP contribution in [0.2, 0.25) is 0 Å². The van der Waals surface area contributed by atoms with Gasteiger partial charge in [0.15, 0.2) is 12.6 Å². The van der Waals surface area contributed by atoms with Gasteiger partial charge in [-0.1, -0.05) is 170 Å². The van der Waals surface area contributed by atoms with Gasteiger partial charge in [0.1, 0.15) is 48.8 Å². The molecule has 2 aliphatic rings. The number of rotatable bonds is 24. The Labute approximate surface area is 421 Å². The van der Waals surface area contributed by atoms with E-state index >= 15 is 0 Å². The number of methoxy groups -OCH3 is 1. The number of carbonyl (C=O) groups is 2. The average Bonchev–Trinajstić information content (AvgIpc) is 3.42. The molecule has 6 aromatic rings. The van der Waals surface area contributed by atoms with Crippen LogP contribution in [-0.2, 0) is 91.8 Å². The van der Waals surface area contributed by atoms with Crippen LogP contribution < -0.4 is 5.32 Å². The van der Waals surface area contributed by atoms with Crippen molar-refractivity contribution < 1.29 is 62.1 Å². The summed E-state index contributed by atoms with van der Waals surface area (Å²) in [5.74, 6) is -0.941. The maximum atomic E-state index is 13.3. The molecule has 10 atom stereocenters. The first-order valence-corrected chi connectivity index (χ1v) is 24.2. The molecule has 8 rings (SSSR count). The molecule has 0 aromatic heterocycles. The number of esters is 1. The number of hydrogen-bond donors (Lipinski definition) is 2. The van der Waals surface area contributed by atoms with E-state index in [0.717, 1.165) is 27.8 Å². The van der Waals surface area contributed by atoms with Crippen LogP contribution in [0.25, 0.3) is 0 Å². The van der Waals surface area contributed by atoms with Crippen molar-refractivity contribution in [1.82, 2.24) is 5.32 Å². The van der Waals surface area contributed by atoms with E-state index < -0.39 is 73.2 Å². The second kappa shape index (κ2) is 27.1. The molecule has 2 N–H and O–H groups in total. The van der Waals surface area contributed by atoms with E-state index in [9.17, 15) is 14.7 Å². The summed E-state index contributed by atoms with van der Waals surface area (Å²) >= 11 is 0. The summed E-state index contributed by atoms with van der Waals surface area (Å²) < 4.78 is 65.4. The number of amides is 1. The van der Waals surface area contributed by atoms with Crippen molar-refractivity contribution >= 4 is 11.9 Å². The summed E-state index contributed by atoms with van der Waals surface area (Å²) in [5.41, 5.74) is 5.36. The third-order valence-corrected chi connectivity index (χ3v) is 12.4. The Morgan fingerprint density at radius 1 is 0.486 bits per heavy atom. The molecule has 6 aromatic carbocycles. The van der Waals surface area contributed by atoms with Crippen molar-refractivity contribution in [1.29, 1.82) is 0 Å². The fourth-order valence-corrected chi connectivity index (χ4v) is 8.78. The molecule has 378 valence electrons. The number of aliphatic hydroxyl groups is 1. The Hall–Kier alpha value is -6.14. The third kappa shape index (κ3) is 14.7. The lowest BCUT2D eigenvalue weighted by Crippen LogP contribution is -2.68. The van der Waals surface area contributed by atoms with Crippen LogP contribution in [-0.4, -0.2) is 98.7 Å². The zero-order valence-corrected chi connectivity index (χ0v) is 40.5. The van der Waals surface area contributed by atoms with Gasteiger partial charge in [-0.2, -0.15) is 0 Å². The minimum atomic E-state index is -1.46. The lowest BCUT2D eigenvalue weighted by Gasteiger charge is -2.49. The number of hydrogen-bond acceptors (Lipinski definition) is 13. The van der Waals surface area contributed by atoms with Crippen molar-refractivity contribution in [3.05, 3.63) is 215 Å². The van der Waals surface area contributed by atoms with Crippen LogP contribution in [0.4, 0.5) is 0 Å². The van der Waals surface area contributed by atoms with Crippen molar-refractivity contribution in [2.24, 2.45) is 0 Å². The summed E-state index contributed by atoms with van der Waals surface area (Å²) in [5, 5.41) is 15.7. The Kier molecular flexibility index (Phi) is 19.6. The van der Waals surface area contributed by atoms with Crippen LogP contribution in [0.5, 0.6) is 0 Å². The first-order chi connectivity index (χ1) is 35.3. The van der Waals surface area contributed by atoms with Gasteiger partial charge >= 0.3 is 5.97 Å². The highest BCUT2D eigenvalue weighted by Crippen LogP contribution is 2.35. The third-order valence-electron chi connectivity index (χ3n) is 12.4. The Bertz CT molecular complexity index is 2520. The van der Waals surface area contributed by atoms with E-state index in [2.05, 4.69) is 5.32 Å². The summed E-state index contributed by atoms with van der Waals surface area (Å²) in [7, 11) is 1.31. The van der Waals surface area contributed by atoms with Gasteiger partial charge in [0.25, 0.3) is 0 Å². The maximum Gasteiger partial charge on any atom is 0.338 e. The molecular weight excluding hydrogens is 919 g/mol. The van der Waals surface area contributed by atoms with E-state index in [1.807, 2.05) is 152 Å². The standard InChI is InChI=1S/C58H63NO13/c1-40(60)59-50-54(68-37-46-30-18-19-31-47(46)56(62)63-2)53(49(39-65-33-42-22-10-4-11-23-42)70-57(50)69-36-45-28-16-7-17-29-45)72-58-51(61)55(67-35-44-26-14-6-15-27-44)52(66-34-43-24-12-5-13-25-43)48(71-58)38-64-32-41-20-8-3-9-21-41/h3-31,48-55,57-58,61H,32-39H2,1-2H3,(H,59,60)/t48-,49-,50-,51-,52-,53-,54-,55-,57-,58-/m1/s1. The van der Waals surface area contributed by atoms with Gasteiger partial charge in [-0.15, -0.1) is 0 Å². The molecule has 72 heavy (non-hydrogen) atoms. The summed E-state index contributed by atoms with van der Waals surface area (Å²) in [6, 6.07) is 54.3. The van der Waals surface area contributed by atoms with Crippen molar-refractivity contribution in [3.63, 3.8) is 0 Å². The number of benzene rings is 6. The first kappa shape index (κ1) is 52.2. The SMILES string of the molecule is COC(=O)c1ccccc1CO[C@@H]1[C@@H](NC(C)=O)[C@H](OCc2ccccc2)O[C@H](COCc2ccccc2)[C@H]1O[C@H]1O[C@H](COCc2ccccc2)[C@@H](OCc2ccccc2)[C@H](OCc2ccccc2)[C@H]1O. The molecule has 0 bridgehead atoms. The largest absolute Gasteiger partial charge is 0.465 e. The molecular formula is C58H63NO13. The van der Waals surface area contributed by atoms with Gasteiger partial charge in [-0.25, -0.2) is 4.79 Å². The van der Waals surface area contributed by atoms with Crippen LogP contribution in [0, 0.1) is 0 Å². The second-order valence-corrected chi connectivity index (χ2v) is 17.6. The average molecular weight is 982 g/mol. The molecule has 14 nitrogen and oxygen atoms in total. The maximum absolute atomic E-state index is 13.3. The molecule has 0 saturated carbocycles. The Balaban J connectivity index is 1.16. The highest BCUT2D eigenvalue weighted by molar-refractivity contribution is 5.90. The first-order valence-electron chi connectivity index (χ1n) is 24.2. The summed E-state index contributed by atoms with van der Waals surface area (Å²) in [4.78, 5) is 26.3. The molecule has 2 saturated heterocycles. The summed E-state index contributed by atoms with van der Waals surface area (Å²) in [6.07, 6.45) is -9.87. The van der Waals surface area contributed by atoms with Gasteiger partial charge in [0.2, 0.25) is 5.91 Å². The highest BCUT2D eigenvalue weighted by Gasteiger charge is 2.54. The fraction of sp³-hybridized carbons (Fsp3) is 0.345. The van der Waals surface area contributed by atoms with Crippen molar-refractivity contribution in [2.75, 3.05) is 20.3 Å². The molecule has 1 amide bonds. The molecule has 2 aliphatic heterocycles. The van der Waals surface area contributed by atoms with Gasteiger partial charge < -0.3 is 57.8 Å². The number of carbonyl (C=O) groups excluding carboxylic acids is 2. The molecule has 2 fully saturated rings. The highest BCUT2D eigenvalue weighted by atomic mass is 16.7. The minimum Gasteiger partial charge on any atom is -0.465 e. The van der Waals surface area contributed by atoms with Crippen LogP contribution >= 0.6 is 0 Å². The normalized spacial score (nSPS) is 24.0. The molecule has 0 spiro atoms. The van der Waals surface area contributed by atoms with Crippen molar-refractivity contribution in [2.45, 2.75) is 108 Å². The minimum absolute atomic E-state index is 0.0328. The van der Waals surface area contributed by atoms with E-state index in [1.165, 1.54) is 14.0 Å². The van der Waals surface area contributed by atoms with Gasteiger partial charge in [-0.3, -0.25) is 4.79 Å². The topological polar surface area (TPSA) is 159 Å². The molecule has 14 heteroatoms. The lowest BCUT2D eigenvalue weighted by atomic mass is 9.94. The number of nitrogens with one attached hydrogen (secondary N) is 1.